The van der Waals surface area contributed by atoms with Gasteiger partial charge in [0.15, 0.2) is 5.75 Å². The van der Waals surface area contributed by atoms with Crippen LogP contribution in [0.15, 0.2) is 78.9 Å². The maximum Gasteiger partial charge on any atom is 0.408 e. The Morgan fingerprint density at radius 2 is 1.44 bits per heavy atom. The Morgan fingerprint density at radius 1 is 0.821 bits per heavy atom. The predicted octanol–water partition coefficient (Wildman–Crippen LogP) is 3.34. The fourth-order valence-corrected chi connectivity index (χ4v) is 3.81. The summed E-state index contributed by atoms with van der Waals surface area (Å²) >= 11 is 0. The van der Waals surface area contributed by atoms with Crippen LogP contribution in [0, 0.1) is 10.1 Å². The number of nitrogens with one attached hydrogen (secondary N) is 2. The highest BCUT2D eigenvalue weighted by atomic mass is 16.6. The fourth-order valence-electron chi connectivity index (χ4n) is 3.81. The first kappa shape index (κ1) is 28.6. The van der Waals surface area contributed by atoms with E-state index >= 15 is 0 Å². The lowest BCUT2D eigenvalue weighted by Crippen LogP contribution is -2.53. The van der Waals surface area contributed by atoms with E-state index in [0.29, 0.717) is 5.56 Å². The van der Waals surface area contributed by atoms with Crippen molar-refractivity contribution in [2.45, 2.75) is 31.5 Å². The second-order valence-corrected chi connectivity index (χ2v) is 8.50. The molecule has 0 spiro atoms. The molecule has 0 aromatic heterocycles. The Balaban J connectivity index is 1.77. The molecule has 0 aliphatic carbocycles. The lowest BCUT2D eigenvalue weighted by atomic mass is 10.0. The van der Waals surface area contributed by atoms with Crippen molar-refractivity contribution < 1.29 is 33.5 Å². The minimum atomic E-state index is -1.18. The SMILES string of the molecule is COC(=O)[C@@H](Cc1ccc(OC)c([N+](=O)[O-])c1)NC(=O)[C@H](Cc1ccccc1)NC(=O)OCc1ccccc1. The monoisotopic (exact) mass is 535 g/mol. The first-order valence-corrected chi connectivity index (χ1v) is 12.0. The van der Waals surface area contributed by atoms with Crippen LogP contribution in [0.1, 0.15) is 16.7 Å². The zero-order valence-corrected chi connectivity index (χ0v) is 21.5. The maximum atomic E-state index is 13.3. The van der Waals surface area contributed by atoms with Crippen LogP contribution in [0.5, 0.6) is 5.75 Å². The molecule has 0 aliphatic heterocycles. The number of carbonyl (C=O) groups excluding carboxylic acids is 3. The molecule has 39 heavy (non-hydrogen) atoms. The van der Waals surface area contributed by atoms with Crippen molar-refractivity contribution >= 4 is 23.7 Å². The normalized spacial score (nSPS) is 11.9. The molecule has 3 rings (SSSR count). The van der Waals surface area contributed by atoms with E-state index in [1.165, 1.54) is 26.4 Å². The van der Waals surface area contributed by atoms with Gasteiger partial charge in [0.05, 0.1) is 19.1 Å². The van der Waals surface area contributed by atoms with Gasteiger partial charge in [-0.2, -0.15) is 0 Å². The molecule has 2 atom stereocenters. The van der Waals surface area contributed by atoms with Crippen molar-refractivity contribution in [1.82, 2.24) is 10.6 Å². The third-order valence-electron chi connectivity index (χ3n) is 5.79. The molecule has 2 N–H and O–H groups in total. The number of carbonyl (C=O) groups is 3. The lowest BCUT2D eigenvalue weighted by molar-refractivity contribution is -0.385. The number of esters is 1. The van der Waals surface area contributed by atoms with Crippen LogP contribution in [0.3, 0.4) is 0 Å². The number of nitro benzene ring substituents is 1. The van der Waals surface area contributed by atoms with Gasteiger partial charge in [-0.25, -0.2) is 9.59 Å². The number of rotatable bonds is 12. The van der Waals surface area contributed by atoms with Crippen LogP contribution in [0.4, 0.5) is 10.5 Å². The second kappa shape index (κ2) is 14.1. The largest absolute Gasteiger partial charge is 0.490 e. The van der Waals surface area contributed by atoms with Crippen molar-refractivity contribution in [2.75, 3.05) is 14.2 Å². The summed E-state index contributed by atoms with van der Waals surface area (Å²) in [6, 6.07) is 20.0. The molecule has 0 saturated heterocycles. The minimum absolute atomic E-state index is 0.00733. The molecular weight excluding hydrogens is 506 g/mol. The molecule has 2 amide bonds. The molecule has 0 fully saturated rings. The number of benzene rings is 3. The Morgan fingerprint density at radius 3 is 2.03 bits per heavy atom. The number of hydrogen-bond donors (Lipinski definition) is 2. The number of ether oxygens (including phenoxy) is 3. The van der Waals surface area contributed by atoms with Gasteiger partial charge in [-0.05, 0) is 22.8 Å². The molecule has 0 unspecified atom stereocenters. The molecule has 11 nitrogen and oxygen atoms in total. The zero-order valence-electron chi connectivity index (χ0n) is 21.5. The number of alkyl carbamates (subject to hydrolysis) is 1. The summed E-state index contributed by atoms with van der Waals surface area (Å²) in [6.45, 7) is 0.00733. The van der Waals surface area contributed by atoms with E-state index in [0.717, 1.165) is 11.1 Å². The molecule has 0 saturated carbocycles. The first-order chi connectivity index (χ1) is 18.8. The predicted molar refractivity (Wildman–Crippen MR) is 141 cm³/mol. The van der Waals surface area contributed by atoms with Gasteiger partial charge in [-0.1, -0.05) is 66.7 Å². The molecule has 3 aromatic rings. The summed E-state index contributed by atoms with van der Waals surface area (Å²) in [6.07, 6.45) is -0.787. The summed E-state index contributed by atoms with van der Waals surface area (Å²) < 4.78 is 15.1. The van der Waals surface area contributed by atoms with E-state index in [1.54, 1.807) is 42.5 Å². The number of hydrogen-bond acceptors (Lipinski definition) is 8. The van der Waals surface area contributed by atoms with Gasteiger partial charge in [-0.3, -0.25) is 14.9 Å². The highest BCUT2D eigenvalue weighted by Gasteiger charge is 2.29. The number of nitrogens with zero attached hydrogens (tertiary/aromatic N) is 1. The lowest BCUT2D eigenvalue weighted by Gasteiger charge is -2.22. The number of nitro groups is 1. The van der Waals surface area contributed by atoms with Gasteiger partial charge in [-0.15, -0.1) is 0 Å². The van der Waals surface area contributed by atoms with Crippen molar-refractivity contribution in [3.05, 3.63) is 106 Å². The van der Waals surface area contributed by atoms with Crippen molar-refractivity contribution in [3.63, 3.8) is 0 Å². The average Bonchev–Trinajstić information content (AvgIpc) is 2.95. The van der Waals surface area contributed by atoms with Gasteiger partial charge in [0.1, 0.15) is 18.7 Å². The number of amides is 2. The first-order valence-electron chi connectivity index (χ1n) is 12.0. The smallest absolute Gasteiger partial charge is 0.408 e. The van der Waals surface area contributed by atoms with Gasteiger partial charge in [0.25, 0.3) is 0 Å². The molecule has 204 valence electrons. The van der Waals surface area contributed by atoms with Gasteiger partial charge in [0.2, 0.25) is 5.91 Å². The molecule has 11 heteroatoms. The van der Waals surface area contributed by atoms with Crippen LogP contribution in [-0.4, -0.2) is 49.2 Å². The molecule has 3 aromatic carbocycles. The van der Waals surface area contributed by atoms with Crippen LogP contribution >= 0.6 is 0 Å². The standard InChI is InChI=1S/C28H29N3O8/c1-37-25-14-13-21(17-24(25)31(35)36)16-23(27(33)38-2)29-26(32)22(15-19-9-5-3-6-10-19)30-28(34)39-18-20-11-7-4-8-12-20/h3-14,17,22-23H,15-16,18H2,1-2H3,(H,29,32)(H,30,34)/t22-,23+/m0/s1. The van der Waals surface area contributed by atoms with Crippen LogP contribution < -0.4 is 15.4 Å². The Bertz CT molecular complexity index is 1280. The zero-order chi connectivity index (χ0) is 28.2. The molecule has 0 aliphatic rings. The van der Waals surface area contributed by atoms with E-state index in [1.807, 2.05) is 24.3 Å². The summed E-state index contributed by atoms with van der Waals surface area (Å²) in [5.74, 6) is -1.36. The third-order valence-corrected chi connectivity index (χ3v) is 5.79. The molecular formula is C28H29N3O8. The van der Waals surface area contributed by atoms with Gasteiger partial charge < -0.3 is 24.8 Å². The van der Waals surface area contributed by atoms with Crippen molar-refractivity contribution in [3.8, 4) is 5.75 Å². The van der Waals surface area contributed by atoms with E-state index in [-0.39, 0.29) is 30.9 Å². The highest BCUT2D eigenvalue weighted by Crippen LogP contribution is 2.28. The quantitative estimate of drug-likeness (QED) is 0.204. The molecule has 0 heterocycles. The maximum absolute atomic E-state index is 13.3. The Kier molecular flexibility index (Phi) is 10.4. The van der Waals surface area contributed by atoms with Crippen molar-refractivity contribution in [1.29, 1.82) is 0 Å². The summed E-state index contributed by atoms with van der Waals surface area (Å²) in [5.41, 5.74) is 1.65. The topological polar surface area (TPSA) is 146 Å². The van der Waals surface area contributed by atoms with E-state index in [2.05, 4.69) is 10.6 Å². The summed E-state index contributed by atoms with van der Waals surface area (Å²) in [7, 11) is 2.48. The fraction of sp³-hybridized carbons (Fsp3) is 0.250. The highest BCUT2D eigenvalue weighted by molar-refractivity contribution is 5.90. The Hall–Kier alpha value is -4.93. The third kappa shape index (κ3) is 8.56. The van der Waals surface area contributed by atoms with E-state index in [4.69, 9.17) is 14.2 Å². The van der Waals surface area contributed by atoms with Crippen molar-refractivity contribution in [2.24, 2.45) is 0 Å². The second-order valence-electron chi connectivity index (χ2n) is 8.50. The van der Waals surface area contributed by atoms with Crippen LogP contribution in [0.25, 0.3) is 0 Å². The van der Waals surface area contributed by atoms with Gasteiger partial charge >= 0.3 is 17.7 Å². The summed E-state index contributed by atoms with van der Waals surface area (Å²) in [5, 5.41) is 16.6. The van der Waals surface area contributed by atoms with Crippen LogP contribution in [0.2, 0.25) is 0 Å². The number of methoxy groups -OCH3 is 2. The molecule has 0 radical (unpaired) electrons. The van der Waals surface area contributed by atoms with Gasteiger partial charge in [0, 0.05) is 18.9 Å². The summed E-state index contributed by atoms with van der Waals surface area (Å²) in [4.78, 5) is 49.3. The van der Waals surface area contributed by atoms with Crippen LogP contribution in [-0.2, 0) is 38.5 Å². The minimum Gasteiger partial charge on any atom is -0.490 e. The van der Waals surface area contributed by atoms with E-state index in [9.17, 15) is 24.5 Å². The molecule has 0 bridgehead atoms. The average molecular weight is 536 g/mol. The Labute approximate surface area is 225 Å². The van der Waals surface area contributed by atoms with E-state index < -0.39 is 35.0 Å².